The zero-order valence-corrected chi connectivity index (χ0v) is 19.0. The highest BCUT2D eigenvalue weighted by Gasteiger charge is 2.29. The molecule has 0 radical (unpaired) electrons. The normalized spacial score (nSPS) is 14.5. The lowest BCUT2D eigenvalue weighted by atomic mass is 9.93. The van der Waals surface area contributed by atoms with Crippen molar-refractivity contribution < 1.29 is 13.2 Å². The summed E-state index contributed by atoms with van der Waals surface area (Å²) in [6.07, 6.45) is 1.64. The van der Waals surface area contributed by atoms with Crippen LogP contribution in [-0.4, -0.2) is 53.0 Å². The van der Waals surface area contributed by atoms with Crippen molar-refractivity contribution in [3.05, 3.63) is 59.7 Å². The fraction of sp³-hybridized carbons (Fsp3) is 0.435. The molecule has 0 saturated heterocycles. The fourth-order valence-corrected chi connectivity index (χ4v) is 5.59. The second-order valence-corrected chi connectivity index (χ2v) is 10.8. The molecule has 1 aliphatic rings. The van der Waals surface area contributed by atoms with Crippen LogP contribution in [-0.2, 0) is 16.4 Å². The van der Waals surface area contributed by atoms with Crippen LogP contribution in [0.5, 0.6) is 0 Å². The number of fused-ring (bicyclic) bond motifs is 1. The average molecular weight is 430 g/mol. The van der Waals surface area contributed by atoms with E-state index in [1.807, 2.05) is 38.4 Å². The number of carbonyl (C=O) groups is 1. The van der Waals surface area contributed by atoms with Crippen molar-refractivity contribution in [3.8, 4) is 0 Å². The van der Waals surface area contributed by atoms with E-state index in [0.29, 0.717) is 18.7 Å². The molecule has 6 nitrogen and oxygen atoms in total. The van der Waals surface area contributed by atoms with Crippen LogP contribution in [0.2, 0.25) is 0 Å². The minimum Gasteiger partial charge on any atom is -0.351 e. The standard InChI is InChI=1S/C23H31N3O3S/c1-23(2,17-25(3)4)16-24-22(27)19-10-7-12-20(15-19)30(28,29)26-14-8-11-18-9-5-6-13-21(18)26/h5-7,9-10,12-13,15H,8,11,14,16-17H2,1-4H3,(H,24,27). The Hall–Kier alpha value is -2.38. The van der Waals surface area contributed by atoms with Gasteiger partial charge in [-0.15, -0.1) is 0 Å². The van der Waals surface area contributed by atoms with E-state index in [4.69, 9.17) is 0 Å². The molecule has 0 atom stereocenters. The predicted molar refractivity (Wildman–Crippen MR) is 120 cm³/mol. The summed E-state index contributed by atoms with van der Waals surface area (Å²) in [5.74, 6) is -0.266. The van der Waals surface area contributed by atoms with E-state index in [0.717, 1.165) is 30.6 Å². The number of carbonyl (C=O) groups excluding carboxylic acids is 1. The molecule has 1 N–H and O–H groups in total. The van der Waals surface area contributed by atoms with Gasteiger partial charge in [0, 0.05) is 25.2 Å². The van der Waals surface area contributed by atoms with Crippen LogP contribution in [0.3, 0.4) is 0 Å². The highest BCUT2D eigenvalue weighted by Crippen LogP contribution is 2.32. The number of nitrogens with one attached hydrogen (secondary N) is 1. The predicted octanol–water partition coefficient (Wildman–Crippen LogP) is 3.15. The minimum absolute atomic E-state index is 0.0969. The molecule has 0 spiro atoms. The third-order valence-electron chi connectivity index (χ3n) is 5.22. The summed E-state index contributed by atoms with van der Waals surface area (Å²) >= 11 is 0. The summed E-state index contributed by atoms with van der Waals surface area (Å²) in [6, 6.07) is 13.9. The van der Waals surface area contributed by atoms with Crippen LogP contribution in [0.25, 0.3) is 0 Å². The van der Waals surface area contributed by atoms with Crippen molar-refractivity contribution >= 4 is 21.6 Å². The van der Waals surface area contributed by atoms with Crippen molar-refractivity contribution in [1.29, 1.82) is 0 Å². The zero-order chi connectivity index (χ0) is 21.9. The number of hydrogen-bond donors (Lipinski definition) is 1. The maximum absolute atomic E-state index is 13.4. The lowest BCUT2D eigenvalue weighted by Gasteiger charge is -2.30. The molecule has 7 heteroatoms. The van der Waals surface area contributed by atoms with E-state index in [1.54, 1.807) is 18.2 Å². The van der Waals surface area contributed by atoms with Crippen molar-refractivity contribution in [2.75, 3.05) is 38.0 Å². The molecule has 0 fully saturated rings. The number of rotatable bonds is 7. The van der Waals surface area contributed by atoms with Gasteiger partial charge in [-0.3, -0.25) is 9.10 Å². The van der Waals surface area contributed by atoms with Crippen LogP contribution in [0.15, 0.2) is 53.4 Å². The van der Waals surface area contributed by atoms with Gasteiger partial charge in [-0.25, -0.2) is 8.42 Å². The van der Waals surface area contributed by atoms with Crippen molar-refractivity contribution in [3.63, 3.8) is 0 Å². The van der Waals surface area contributed by atoms with Gasteiger partial charge < -0.3 is 10.2 Å². The number of sulfonamides is 1. The molecule has 0 aliphatic carbocycles. The maximum Gasteiger partial charge on any atom is 0.264 e. The first-order chi connectivity index (χ1) is 14.1. The van der Waals surface area contributed by atoms with Crippen LogP contribution >= 0.6 is 0 Å². The molecule has 30 heavy (non-hydrogen) atoms. The molecule has 1 amide bonds. The van der Waals surface area contributed by atoms with Gasteiger partial charge >= 0.3 is 0 Å². The second-order valence-electron chi connectivity index (χ2n) is 8.92. The Kier molecular flexibility index (Phi) is 6.53. The topological polar surface area (TPSA) is 69.7 Å². The quantitative estimate of drug-likeness (QED) is 0.734. The van der Waals surface area contributed by atoms with Gasteiger partial charge in [-0.1, -0.05) is 38.1 Å². The van der Waals surface area contributed by atoms with Crippen LogP contribution in [0.1, 0.15) is 36.2 Å². The van der Waals surface area contributed by atoms with Gasteiger partial charge in [0.25, 0.3) is 15.9 Å². The number of hydrogen-bond acceptors (Lipinski definition) is 4. The smallest absolute Gasteiger partial charge is 0.264 e. The van der Waals surface area contributed by atoms with Crippen LogP contribution < -0.4 is 9.62 Å². The Morgan fingerprint density at radius 2 is 1.87 bits per heavy atom. The number of para-hydroxylation sites is 1. The second kappa shape index (κ2) is 8.78. The van der Waals surface area contributed by atoms with Gasteiger partial charge in [-0.05, 0) is 62.2 Å². The molecule has 0 unspecified atom stereocenters. The number of amides is 1. The molecule has 1 aliphatic heterocycles. The molecule has 2 aromatic rings. The highest BCUT2D eigenvalue weighted by molar-refractivity contribution is 7.92. The maximum atomic E-state index is 13.4. The summed E-state index contributed by atoms with van der Waals surface area (Å²) in [5.41, 5.74) is 2.01. The molecule has 1 heterocycles. The van der Waals surface area contributed by atoms with Crippen molar-refractivity contribution in [1.82, 2.24) is 10.2 Å². The fourth-order valence-electron chi connectivity index (χ4n) is 4.01. The summed E-state index contributed by atoms with van der Waals surface area (Å²) in [5, 5.41) is 2.94. The largest absolute Gasteiger partial charge is 0.351 e. The molecule has 2 aromatic carbocycles. The molecule has 0 saturated carbocycles. The van der Waals surface area contributed by atoms with Gasteiger partial charge in [-0.2, -0.15) is 0 Å². The lowest BCUT2D eigenvalue weighted by molar-refractivity contribution is 0.0929. The van der Waals surface area contributed by atoms with Gasteiger partial charge in [0.05, 0.1) is 10.6 Å². The van der Waals surface area contributed by atoms with E-state index in [1.165, 1.54) is 10.4 Å². The molecular weight excluding hydrogens is 398 g/mol. The molecule has 162 valence electrons. The molecular formula is C23H31N3O3S. The monoisotopic (exact) mass is 429 g/mol. The first kappa shape index (κ1) is 22.3. The van der Waals surface area contributed by atoms with Crippen LogP contribution in [0.4, 0.5) is 5.69 Å². The summed E-state index contributed by atoms with van der Waals surface area (Å²) in [6.45, 7) is 5.94. The summed E-state index contributed by atoms with van der Waals surface area (Å²) in [7, 11) is 0.249. The molecule has 0 bridgehead atoms. The lowest BCUT2D eigenvalue weighted by Crippen LogP contribution is -2.40. The van der Waals surface area contributed by atoms with E-state index in [2.05, 4.69) is 24.1 Å². The Morgan fingerprint density at radius 1 is 1.13 bits per heavy atom. The Labute approximate surface area is 179 Å². The van der Waals surface area contributed by atoms with Gasteiger partial charge in [0.15, 0.2) is 0 Å². The third kappa shape index (κ3) is 5.02. The first-order valence-electron chi connectivity index (χ1n) is 10.2. The SMILES string of the molecule is CN(C)CC(C)(C)CNC(=O)c1cccc(S(=O)(=O)N2CCCc3ccccc32)c1. The molecule has 0 aromatic heterocycles. The number of nitrogens with zero attached hydrogens (tertiary/aromatic N) is 2. The van der Waals surface area contributed by atoms with E-state index >= 15 is 0 Å². The third-order valence-corrected chi connectivity index (χ3v) is 7.03. The minimum atomic E-state index is -3.74. The van der Waals surface area contributed by atoms with Crippen molar-refractivity contribution in [2.24, 2.45) is 5.41 Å². The number of benzene rings is 2. The van der Waals surface area contributed by atoms with Crippen LogP contribution in [0, 0.1) is 5.41 Å². The van der Waals surface area contributed by atoms with Gasteiger partial charge in [0.1, 0.15) is 0 Å². The van der Waals surface area contributed by atoms with Gasteiger partial charge in [0.2, 0.25) is 0 Å². The van der Waals surface area contributed by atoms with Crippen molar-refractivity contribution in [2.45, 2.75) is 31.6 Å². The Morgan fingerprint density at radius 3 is 2.60 bits per heavy atom. The first-order valence-corrected chi connectivity index (χ1v) is 11.7. The summed E-state index contributed by atoms with van der Waals surface area (Å²) < 4.78 is 28.2. The highest BCUT2D eigenvalue weighted by atomic mass is 32.2. The Balaban J connectivity index is 1.81. The van der Waals surface area contributed by atoms with E-state index < -0.39 is 10.0 Å². The summed E-state index contributed by atoms with van der Waals surface area (Å²) in [4.78, 5) is 14.9. The van der Waals surface area contributed by atoms with E-state index in [9.17, 15) is 13.2 Å². The average Bonchev–Trinajstić information content (AvgIpc) is 2.70. The molecule has 3 rings (SSSR count). The van der Waals surface area contributed by atoms with E-state index in [-0.39, 0.29) is 16.2 Å². The number of aryl methyl sites for hydroxylation is 1. The number of anilines is 1. The Bertz CT molecular complexity index is 1020. The zero-order valence-electron chi connectivity index (χ0n) is 18.2.